The lowest BCUT2D eigenvalue weighted by Crippen LogP contribution is -2.56. The Hall–Kier alpha value is -1.75. The number of nitrogen functional groups attached to an aromatic ring is 1. The Bertz CT molecular complexity index is 464. The molecule has 19 heavy (non-hydrogen) atoms. The molecule has 1 saturated carbocycles. The number of anilines is 1. The Kier molecular flexibility index (Phi) is 3.95. The van der Waals surface area contributed by atoms with Crippen molar-refractivity contribution in [2.24, 2.45) is 0 Å². The molecule has 5 nitrogen and oxygen atoms in total. The Morgan fingerprint density at radius 2 is 2.26 bits per heavy atom. The third-order valence-electron chi connectivity index (χ3n) is 3.56. The highest BCUT2D eigenvalue weighted by atomic mass is 16.5. The molecule has 0 spiro atoms. The standard InChI is InChI=1S/C14H20N2O3/c1-2-19-12-5-4-10(8-11(12)15)13(18)16-14(9-17)6-3-7-14/h4-5,8,17H,2-3,6-7,9,15H2,1H3,(H,16,18). The largest absolute Gasteiger partial charge is 0.492 e. The van der Waals surface area contributed by atoms with E-state index < -0.39 is 5.54 Å². The number of hydrogen-bond donors (Lipinski definition) is 3. The normalized spacial score (nSPS) is 16.5. The molecule has 1 aromatic carbocycles. The van der Waals surface area contributed by atoms with Crippen LogP contribution in [-0.4, -0.2) is 29.8 Å². The van der Waals surface area contributed by atoms with E-state index in [0.717, 1.165) is 19.3 Å². The number of aliphatic hydroxyl groups is 1. The summed E-state index contributed by atoms with van der Waals surface area (Å²) in [5, 5.41) is 12.2. The first-order valence-corrected chi connectivity index (χ1v) is 6.56. The fourth-order valence-electron chi connectivity index (χ4n) is 2.22. The molecule has 0 bridgehead atoms. The maximum absolute atomic E-state index is 12.1. The van der Waals surface area contributed by atoms with Crippen molar-refractivity contribution < 1.29 is 14.6 Å². The van der Waals surface area contributed by atoms with E-state index in [-0.39, 0.29) is 12.5 Å². The van der Waals surface area contributed by atoms with Crippen LogP contribution in [0.2, 0.25) is 0 Å². The van der Waals surface area contributed by atoms with Gasteiger partial charge in [-0.05, 0) is 44.4 Å². The molecule has 0 unspecified atom stereocenters. The first-order valence-electron chi connectivity index (χ1n) is 6.56. The topological polar surface area (TPSA) is 84.6 Å². The van der Waals surface area contributed by atoms with Crippen molar-refractivity contribution in [3.63, 3.8) is 0 Å². The van der Waals surface area contributed by atoms with Gasteiger partial charge in [-0.15, -0.1) is 0 Å². The second-order valence-corrected chi connectivity index (χ2v) is 4.93. The number of amides is 1. The molecule has 1 aromatic rings. The van der Waals surface area contributed by atoms with Gasteiger partial charge in [-0.1, -0.05) is 0 Å². The Morgan fingerprint density at radius 3 is 2.74 bits per heavy atom. The lowest BCUT2D eigenvalue weighted by molar-refractivity contribution is 0.0641. The van der Waals surface area contributed by atoms with Gasteiger partial charge in [0, 0.05) is 5.56 Å². The van der Waals surface area contributed by atoms with Crippen molar-refractivity contribution >= 4 is 11.6 Å². The van der Waals surface area contributed by atoms with Crippen molar-refractivity contribution in [1.29, 1.82) is 0 Å². The van der Waals surface area contributed by atoms with Crippen LogP contribution in [0.15, 0.2) is 18.2 Å². The van der Waals surface area contributed by atoms with E-state index in [1.807, 2.05) is 6.92 Å². The Morgan fingerprint density at radius 1 is 1.53 bits per heavy atom. The molecule has 0 radical (unpaired) electrons. The van der Waals surface area contributed by atoms with E-state index in [4.69, 9.17) is 10.5 Å². The summed E-state index contributed by atoms with van der Waals surface area (Å²) >= 11 is 0. The van der Waals surface area contributed by atoms with Crippen LogP contribution in [0.5, 0.6) is 5.75 Å². The highest BCUT2D eigenvalue weighted by molar-refractivity contribution is 5.96. The maximum Gasteiger partial charge on any atom is 0.251 e. The molecule has 4 N–H and O–H groups in total. The van der Waals surface area contributed by atoms with Gasteiger partial charge in [0.15, 0.2) is 0 Å². The molecule has 0 aliphatic heterocycles. The number of carbonyl (C=O) groups excluding carboxylic acids is 1. The van der Waals surface area contributed by atoms with Gasteiger partial charge in [0.25, 0.3) is 5.91 Å². The first-order chi connectivity index (χ1) is 9.10. The molecule has 1 aliphatic carbocycles. The minimum atomic E-state index is -0.440. The quantitative estimate of drug-likeness (QED) is 0.700. The lowest BCUT2D eigenvalue weighted by Gasteiger charge is -2.40. The van der Waals surface area contributed by atoms with E-state index in [1.54, 1.807) is 18.2 Å². The molecule has 0 saturated heterocycles. The molecule has 0 heterocycles. The fourth-order valence-corrected chi connectivity index (χ4v) is 2.22. The number of nitrogens with two attached hydrogens (primary N) is 1. The van der Waals surface area contributed by atoms with Gasteiger partial charge >= 0.3 is 0 Å². The van der Waals surface area contributed by atoms with Gasteiger partial charge in [0.05, 0.1) is 24.4 Å². The zero-order valence-corrected chi connectivity index (χ0v) is 11.1. The van der Waals surface area contributed by atoms with Crippen LogP contribution >= 0.6 is 0 Å². The Labute approximate surface area is 112 Å². The highest BCUT2D eigenvalue weighted by Crippen LogP contribution is 2.31. The zero-order valence-electron chi connectivity index (χ0n) is 11.1. The van der Waals surface area contributed by atoms with Crippen LogP contribution in [0, 0.1) is 0 Å². The monoisotopic (exact) mass is 264 g/mol. The van der Waals surface area contributed by atoms with Crippen molar-refractivity contribution in [2.75, 3.05) is 18.9 Å². The summed E-state index contributed by atoms with van der Waals surface area (Å²) < 4.78 is 5.33. The van der Waals surface area contributed by atoms with E-state index in [2.05, 4.69) is 5.32 Å². The summed E-state index contributed by atoms with van der Waals surface area (Å²) in [6.07, 6.45) is 2.68. The first kappa shape index (κ1) is 13.7. The number of aliphatic hydroxyl groups excluding tert-OH is 1. The number of rotatable bonds is 5. The fraction of sp³-hybridized carbons (Fsp3) is 0.500. The van der Waals surface area contributed by atoms with Gasteiger partial charge < -0.3 is 20.9 Å². The maximum atomic E-state index is 12.1. The number of carbonyl (C=O) groups is 1. The van der Waals surface area contributed by atoms with Crippen LogP contribution in [-0.2, 0) is 0 Å². The van der Waals surface area contributed by atoms with E-state index in [1.165, 1.54) is 0 Å². The second kappa shape index (κ2) is 5.48. The van der Waals surface area contributed by atoms with Crippen molar-refractivity contribution in [1.82, 2.24) is 5.32 Å². The molecule has 5 heteroatoms. The molecule has 0 atom stereocenters. The van der Waals surface area contributed by atoms with Crippen molar-refractivity contribution in [3.8, 4) is 5.75 Å². The van der Waals surface area contributed by atoms with Gasteiger partial charge in [-0.3, -0.25) is 4.79 Å². The predicted molar refractivity (Wildman–Crippen MR) is 73.2 cm³/mol. The summed E-state index contributed by atoms with van der Waals surface area (Å²) in [5.74, 6) is 0.378. The minimum absolute atomic E-state index is 0.0226. The van der Waals surface area contributed by atoms with Crippen molar-refractivity contribution in [3.05, 3.63) is 23.8 Å². The van der Waals surface area contributed by atoms with Gasteiger partial charge in [0.1, 0.15) is 5.75 Å². The van der Waals surface area contributed by atoms with Crippen LogP contribution in [0.3, 0.4) is 0 Å². The third kappa shape index (κ3) is 2.81. The third-order valence-corrected chi connectivity index (χ3v) is 3.56. The molecular weight excluding hydrogens is 244 g/mol. The summed E-state index contributed by atoms with van der Waals surface area (Å²) in [5.41, 5.74) is 6.33. The van der Waals surface area contributed by atoms with Crippen LogP contribution in [0.4, 0.5) is 5.69 Å². The number of nitrogens with one attached hydrogen (secondary N) is 1. The summed E-state index contributed by atoms with van der Waals surface area (Å²) in [6, 6.07) is 4.98. The van der Waals surface area contributed by atoms with Gasteiger partial charge in [0.2, 0.25) is 0 Å². The molecule has 1 aliphatic rings. The van der Waals surface area contributed by atoms with Crippen molar-refractivity contribution in [2.45, 2.75) is 31.7 Å². The highest BCUT2D eigenvalue weighted by Gasteiger charge is 2.37. The van der Waals surface area contributed by atoms with Crippen LogP contribution in [0.1, 0.15) is 36.5 Å². The Balaban J connectivity index is 2.09. The summed E-state index contributed by atoms with van der Waals surface area (Å²) in [4.78, 5) is 12.1. The molecule has 1 amide bonds. The average Bonchev–Trinajstić information content (AvgIpc) is 2.36. The van der Waals surface area contributed by atoms with Crippen LogP contribution in [0.25, 0.3) is 0 Å². The smallest absolute Gasteiger partial charge is 0.251 e. The van der Waals surface area contributed by atoms with E-state index >= 15 is 0 Å². The molecule has 1 fully saturated rings. The SMILES string of the molecule is CCOc1ccc(C(=O)NC2(CO)CCC2)cc1N. The predicted octanol–water partition coefficient (Wildman–Crippen LogP) is 1.31. The molecule has 2 rings (SSSR count). The number of hydrogen-bond acceptors (Lipinski definition) is 4. The molecule has 104 valence electrons. The van der Waals surface area contributed by atoms with Gasteiger partial charge in [-0.25, -0.2) is 0 Å². The van der Waals surface area contributed by atoms with Gasteiger partial charge in [-0.2, -0.15) is 0 Å². The summed E-state index contributed by atoms with van der Waals surface area (Å²) in [6.45, 7) is 2.39. The lowest BCUT2D eigenvalue weighted by atomic mass is 9.77. The van der Waals surface area contributed by atoms with E-state index in [0.29, 0.717) is 23.6 Å². The zero-order chi connectivity index (χ0) is 13.9. The molecular formula is C14H20N2O3. The molecule has 0 aromatic heterocycles. The van der Waals surface area contributed by atoms with E-state index in [9.17, 15) is 9.90 Å². The average molecular weight is 264 g/mol. The summed E-state index contributed by atoms with van der Waals surface area (Å²) in [7, 11) is 0. The number of ether oxygens (including phenoxy) is 1. The second-order valence-electron chi connectivity index (χ2n) is 4.93. The number of benzene rings is 1. The minimum Gasteiger partial charge on any atom is -0.492 e. The van der Waals surface area contributed by atoms with Crippen LogP contribution < -0.4 is 15.8 Å².